The number of aliphatic carboxylic acids is 1. The second-order valence-electron chi connectivity index (χ2n) is 6.23. The number of esters is 1. The molecule has 0 bridgehead atoms. The van der Waals surface area contributed by atoms with Gasteiger partial charge in [0.25, 0.3) is 0 Å². The third-order valence-corrected chi connectivity index (χ3v) is 2.50. The number of aldehydes is 1. The van der Waals surface area contributed by atoms with E-state index >= 15 is 0 Å². The van der Waals surface area contributed by atoms with Gasteiger partial charge in [-0.1, -0.05) is 0 Å². The van der Waals surface area contributed by atoms with Crippen LogP contribution in [-0.2, 0) is 19.1 Å². The van der Waals surface area contributed by atoms with E-state index in [1.807, 2.05) is 21.1 Å². The maximum atomic E-state index is 11.7. The lowest BCUT2D eigenvalue weighted by Crippen LogP contribution is -2.44. The summed E-state index contributed by atoms with van der Waals surface area (Å²) in [5, 5.41) is 18.6. The van der Waals surface area contributed by atoms with Crippen molar-refractivity contribution in [3.63, 3.8) is 0 Å². The monoisotopic (exact) mass is 290 g/mol. The van der Waals surface area contributed by atoms with Crippen LogP contribution in [0.15, 0.2) is 0 Å². The molecule has 7 heteroatoms. The zero-order valence-electron chi connectivity index (χ0n) is 12.5. The summed E-state index contributed by atoms with van der Waals surface area (Å²) in [7, 11) is 5.56. The number of carboxylic acids is 1. The van der Waals surface area contributed by atoms with Crippen molar-refractivity contribution < 1.29 is 33.8 Å². The van der Waals surface area contributed by atoms with Crippen molar-refractivity contribution in [2.24, 2.45) is 0 Å². The summed E-state index contributed by atoms with van der Waals surface area (Å²) in [6, 6.07) is 0. The first kappa shape index (κ1) is 18.5. The Hall–Kier alpha value is -1.47. The van der Waals surface area contributed by atoms with E-state index in [9.17, 15) is 19.5 Å². The summed E-state index contributed by atoms with van der Waals surface area (Å²) >= 11 is 0. The molecule has 0 aromatic carbocycles. The lowest BCUT2D eigenvalue weighted by molar-refractivity contribution is -0.873. The predicted octanol–water partition coefficient (Wildman–Crippen LogP) is -0.191. The van der Waals surface area contributed by atoms with Crippen molar-refractivity contribution in [1.29, 1.82) is 0 Å². The fourth-order valence-corrected chi connectivity index (χ4v) is 1.74. The lowest BCUT2D eigenvalue weighted by atomic mass is 9.99. The van der Waals surface area contributed by atoms with Crippen molar-refractivity contribution >= 4 is 18.2 Å². The molecule has 0 spiro atoms. The van der Waals surface area contributed by atoms with E-state index in [1.54, 1.807) is 0 Å². The Morgan fingerprint density at radius 2 is 1.90 bits per heavy atom. The number of carboxylic acid groups (broad SMARTS) is 1. The highest BCUT2D eigenvalue weighted by Gasteiger charge is 2.29. The molecule has 0 aliphatic rings. The molecule has 0 rings (SSSR count). The van der Waals surface area contributed by atoms with Gasteiger partial charge in [-0.15, -0.1) is 0 Å². The van der Waals surface area contributed by atoms with E-state index < -0.39 is 23.6 Å². The van der Waals surface area contributed by atoms with Gasteiger partial charge in [0.1, 0.15) is 12.8 Å². The van der Waals surface area contributed by atoms with Crippen LogP contribution in [0.3, 0.4) is 0 Å². The van der Waals surface area contributed by atoms with Gasteiger partial charge in [0, 0.05) is 6.42 Å². The van der Waals surface area contributed by atoms with Crippen molar-refractivity contribution in [1.82, 2.24) is 0 Å². The number of quaternary nitrogens is 1. The van der Waals surface area contributed by atoms with Gasteiger partial charge in [0.15, 0.2) is 6.10 Å². The Morgan fingerprint density at radius 1 is 1.35 bits per heavy atom. The second-order valence-corrected chi connectivity index (χ2v) is 6.23. The van der Waals surface area contributed by atoms with Crippen LogP contribution in [0.25, 0.3) is 0 Å². The lowest BCUT2D eigenvalue weighted by Gasteiger charge is -2.29. The van der Waals surface area contributed by atoms with Gasteiger partial charge in [-0.25, -0.2) is 0 Å². The number of rotatable bonds is 9. The molecule has 20 heavy (non-hydrogen) atoms. The minimum atomic E-state index is -1.47. The first-order valence-electron chi connectivity index (χ1n) is 6.33. The van der Waals surface area contributed by atoms with Crippen LogP contribution in [0.1, 0.15) is 26.2 Å². The molecule has 0 radical (unpaired) electrons. The normalized spacial score (nSPS) is 16.1. The fourth-order valence-electron chi connectivity index (χ4n) is 1.74. The zero-order valence-corrected chi connectivity index (χ0v) is 12.5. The summed E-state index contributed by atoms with van der Waals surface area (Å²) in [5.74, 6) is -1.77. The molecule has 0 aliphatic heterocycles. The molecule has 0 aromatic rings. The summed E-state index contributed by atoms with van der Waals surface area (Å²) in [6.45, 7) is 1.70. The standard InChI is InChI=1S/C13H23NO6/c1-13(19,5-6-15)8-12(18)20-10(7-11(16)17)9-14(2,3)4/h6,10,19H,5,7-9H2,1-4H3/p+1. The summed E-state index contributed by atoms with van der Waals surface area (Å²) in [4.78, 5) is 32.8. The molecule has 2 N–H and O–H groups in total. The van der Waals surface area contributed by atoms with E-state index in [1.165, 1.54) is 6.92 Å². The average molecular weight is 290 g/mol. The van der Waals surface area contributed by atoms with E-state index in [0.717, 1.165) is 0 Å². The van der Waals surface area contributed by atoms with Gasteiger partial charge in [-0.05, 0) is 6.92 Å². The molecule has 0 aliphatic carbocycles. The number of hydrogen-bond donors (Lipinski definition) is 2. The quantitative estimate of drug-likeness (QED) is 0.347. The predicted molar refractivity (Wildman–Crippen MR) is 71.0 cm³/mol. The van der Waals surface area contributed by atoms with Gasteiger partial charge >= 0.3 is 11.9 Å². The summed E-state index contributed by atoms with van der Waals surface area (Å²) < 4.78 is 5.55. The number of nitrogens with zero attached hydrogens (tertiary/aromatic N) is 1. The van der Waals surface area contributed by atoms with Crippen LogP contribution >= 0.6 is 0 Å². The van der Waals surface area contributed by atoms with Gasteiger partial charge in [0.05, 0.1) is 39.6 Å². The molecular weight excluding hydrogens is 266 g/mol. The highest BCUT2D eigenvalue weighted by Crippen LogP contribution is 2.15. The summed E-state index contributed by atoms with van der Waals surface area (Å²) in [6.07, 6.45) is -1.07. The van der Waals surface area contributed by atoms with Crippen LogP contribution in [0.5, 0.6) is 0 Å². The van der Waals surface area contributed by atoms with E-state index in [2.05, 4.69) is 0 Å². The molecule has 0 saturated heterocycles. The van der Waals surface area contributed by atoms with Crippen molar-refractivity contribution in [3.05, 3.63) is 0 Å². The van der Waals surface area contributed by atoms with E-state index in [4.69, 9.17) is 9.84 Å². The molecule has 7 nitrogen and oxygen atoms in total. The van der Waals surface area contributed by atoms with Crippen molar-refractivity contribution in [3.8, 4) is 0 Å². The number of likely N-dealkylation sites (N-methyl/N-ethyl adjacent to an activating group) is 1. The molecule has 2 atom stereocenters. The highest BCUT2D eigenvalue weighted by molar-refractivity contribution is 5.73. The van der Waals surface area contributed by atoms with Crippen molar-refractivity contribution in [2.75, 3.05) is 27.7 Å². The molecule has 0 fully saturated rings. The first-order chi connectivity index (χ1) is 8.95. The third kappa shape index (κ3) is 9.46. The first-order valence-corrected chi connectivity index (χ1v) is 6.33. The largest absolute Gasteiger partial charge is 0.481 e. The molecular formula is C13H24NO6+. The van der Waals surface area contributed by atoms with Crippen LogP contribution < -0.4 is 0 Å². The van der Waals surface area contributed by atoms with Crippen LogP contribution in [0, 0.1) is 0 Å². The Labute approximate surface area is 118 Å². The number of carbonyl (C=O) groups excluding carboxylic acids is 2. The molecule has 0 amide bonds. The molecule has 2 unspecified atom stereocenters. The molecule has 0 heterocycles. The zero-order chi connectivity index (χ0) is 16.0. The van der Waals surface area contributed by atoms with Crippen LogP contribution in [-0.4, -0.2) is 72.3 Å². The number of hydrogen-bond acceptors (Lipinski definition) is 5. The Bertz CT molecular complexity index is 358. The fraction of sp³-hybridized carbons (Fsp3) is 0.769. The number of aliphatic hydroxyl groups is 1. The number of carbonyl (C=O) groups is 3. The minimum absolute atomic E-state index is 0.180. The Morgan fingerprint density at radius 3 is 2.30 bits per heavy atom. The van der Waals surface area contributed by atoms with E-state index in [-0.39, 0.29) is 19.3 Å². The molecule has 0 aromatic heterocycles. The Balaban J connectivity index is 4.60. The van der Waals surface area contributed by atoms with Crippen LogP contribution in [0.2, 0.25) is 0 Å². The second kappa shape index (κ2) is 7.35. The number of ether oxygens (including phenoxy) is 1. The minimum Gasteiger partial charge on any atom is -0.481 e. The topological polar surface area (TPSA) is 101 Å². The highest BCUT2D eigenvalue weighted by atomic mass is 16.5. The SMILES string of the molecule is CC(O)(CC=O)CC(=O)OC(CC(=O)O)C[N+](C)(C)C. The van der Waals surface area contributed by atoms with Gasteiger partial charge in [-0.3, -0.25) is 9.59 Å². The van der Waals surface area contributed by atoms with E-state index in [0.29, 0.717) is 17.3 Å². The van der Waals surface area contributed by atoms with Crippen molar-refractivity contribution in [2.45, 2.75) is 37.9 Å². The van der Waals surface area contributed by atoms with Gasteiger partial charge in [0.2, 0.25) is 0 Å². The van der Waals surface area contributed by atoms with Crippen LogP contribution in [0.4, 0.5) is 0 Å². The molecule has 116 valence electrons. The molecule has 0 saturated carbocycles. The Kier molecular flexibility index (Phi) is 6.81. The maximum Gasteiger partial charge on any atom is 0.309 e. The van der Waals surface area contributed by atoms with Gasteiger partial charge < -0.3 is 24.2 Å². The summed E-state index contributed by atoms with van der Waals surface area (Å²) in [5.41, 5.74) is -1.47. The van der Waals surface area contributed by atoms with Gasteiger partial charge in [-0.2, -0.15) is 0 Å². The average Bonchev–Trinajstić information content (AvgIpc) is 2.10. The third-order valence-electron chi connectivity index (χ3n) is 2.50. The maximum absolute atomic E-state index is 11.7. The smallest absolute Gasteiger partial charge is 0.309 e.